The monoisotopic (exact) mass is 838 g/mol. The van der Waals surface area contributed by atoms with Gasteiger partial charge in [0.05, 0.1) is 34.4 Å². The SMILES string of the molecule is CC.CN1CCN(c2ccnc3nc(-c4n[nH]c5ccc(C6CCNCC6)cc45)[nH]c23)CC1.Cc1cn(-c2ccnc3nc(-c4n[nH]c5ccc(-c6ccncc6)cc45)[nH]c23)cn1. The number of benzene rings is 2. The molecule has 2 aliphatic rings. The minimum absolute atomic E-state index is 0.606. The van der Waals surface area contributed by atoms with Gasteiger partial charge in [-0.05, 0) is 111 Å². The number of anilines is 1. The molecule has 5 N–H and O–H groups in total. The summed E-state index contributed by atoms with van der Waals surface area (Å²) in [6.45, 7) is 12.3. The fourth-order valence-electron chi connectivity index (χ4n) is 8.64. The van der Waals surface area contributed by atoms with E-state index in [9.17, 15) is 0 Å². The lowest BCUT2D eigenvalue weighted by Crippen LogP contribution is -2.44. The van der Waals surface area contributed by atoms with E-state index >= 15 is 0 Å². The van der Waals surface area contributed by atoms with E-state index in [4.69, 9.17) is 9.97 Å². The Morgan fingerprint density at radius 1 is 0.635 bits per heavy atom. The zero-order valence-electron chi connectivity index (χ0n) is 35.9. The number of aromatic amines is 4. The molecule has 2 aliphatic heterocycles. The van der Waals surface area contributed by atoms with Gasteiger partial charge in [-0.3, -0.25) is 15.2 Å². The summed E-state index contributed by atoms with van der Waals surface area (Å²) in [5, 5.41) is 21.0. The third-order valence-corrected chi connectivity index (χ3v) is 12.0. The number of aryl methyl sites for hydroxylation is 1. The highest BCUT2D eigenvalue weighted by Crippen LogP contribution is 2.34. The predicted molar refractivity (Wildman–Crippen MR) is 249 cm³/mol. The highest BCUT2D eigenvalue weighted by atomic mass is 15.3. The molecule has 0 spiro atoms. The fraction of sp³-hybridized carbons (Fsp3) is 0.277. The number of piperidine rings is 1. The molecule has 2 fully saturated rings. The molecule has 10 heterocycles. The first kappa shape index (κ1) is 39.8. The summed E-state index contributed by atoms with van der Waals surface area (Å²) in [7, 11) is 2.18. The highest BCUT2D eigenvalue weighted by Gasteiger charge is 2.22. The van der Waals surface area contributed by atoms with E-state index < -0.39 is 0 Å². The summed E-state index contributed by atoms with van der Waals surface area (Å²) in [5.41, 5.74) is 13.5. The molecule has 16 nitrogen and oxygen atoms in total. The zero-order chi connectivity index (χ0) is 42.9. The molecule has 0 aliphatic carbocycles. The summed E-state index contributed by atoms with van der Waals surface area (Å²) in [5.74, 6) is 2.05. The van der Waals surface area contributed by atoms with Crippen LogP contribution in [-0.4, -0.2) is 116 Å². The van der Waals surface area contributed by atoms with Crippen molar-refractivity contribution in [2.45, 2.75) is 39.5 Å². The van der Waals surface area contributed by atoms with Crippen molar-refractivity contribution in [3.63, 3.8) is 0 Å². The standard InChI is InChI=1S/C23H28N8.C22H16N8.C2H6/c1-30-10-12-31(13-11-30)19-6-9-25-22-21(19)26-23(27-22)20-17-14-16(2-3-18(17)28-29-20)15-4-7-24-8-5-15;1-13-11-30(12-25-13)18-6-9-24-21-20(18)26-22(27-21)19-16-10-15(2-3-17(16)28-29-19)14-4-7-23-8-5-14;1-2/h2-3,6,9,14-15,24H,4-5,7-8,10-13H2,1H3,(H,28,29)(H,25,26,27);2-12H,1H3,(H,28,29)(H,24,26,27);1-2H3. The average Bonchev–Trinajstić information content (AvgIpc) is 4.20. The molecule has 0 bridgehead atoms. The Labute approximate surface area is 363 Å². The van der Waals surface area contributed by atoms with Crippen LogP contribution in [0.25, 0.3) is 84.0 Å². The number of H-pyrrole nitrogens is 4. The Bertz CT molecular complexity index is 3140. The number of hydrogen-bond acceptors (Lipinski definition) is 11. The molecule has 0 amide bonds. The predicted octanol–water partition coefficient (Wildman–Crippen LogP) is 7.80. The van der Waals surface area contributed by atoms with Crippen LogP contribution < -0.4 is 10.2 Å². The van der Waals surface area contributed by atoms with Gasteiger partial charge in [0.1, 0.15) is 22.4 Å². The topological polar surface area (TPSA) is 190 Å². The molecule has 0 radical (unpaired) electrons. The van der Waals surface area contributed by atoms with E-state index in [-0.39, 0.29) is 0 Å². The fourth-order valence-corrected chi connectivity index (χ4v) is 8.64. The van der Waals surface area contributed by atoms with E-state index in [0.29, 0.717) is 17.4 Å². The lowest BCUT2D eigenvalue weighted by atomic mass is 9.89. The van der Waals surface area contributed by atoms with Crippen LogP contribution in [0, 0.1) is 6.92 Å². The van der Waals surface area contributed by atoms with Crippen LogP contribution in [0.4, 0.5) is 5.69 Å². The quantitative estimate of drug-likeness (QED) is 0.110. The van der Waals surface area contributed by atoms with Gasteiger partial charge in [0.25, 0.3) is 0 Å². The number of aromatic nitrogens is 13. The second-order valence-electron chi connectivity index (χ2n) is 15.9. The Morgan fingerprint density at radius 3 is 1.90 bits per heavy atom. The number of hydrogen-bond donors (Lipinski definition) is 5. The van der Waals surface area contributed by atoms with Gasteiger partial charge >= 0.3 is 0 Å². The van der Waals surface area contributed by atoms with E-state index in [2.05, 4.69) is 109 Å². The van der Waals surface area contributed by atoms with Crippen molar-refractivity contribution in [2.75, 3.05) is 51.2 Å². The van der Waals surface area contributed by atoms with Crippen molar-refractivity contribution in [2.24, 2.45) is 0 Å². The highest BCUT2D eigenvalue weighted by molar-refractivity contribution is 5.97. The maximum atomic E-state index is 4.82. The molecule has 0 saturated carbocycles. The molecule has 16 heteroatoms. The molecule has 0 unspecified atom stereocenters. The van der Waals surface area contributed by atoms with Crippen LogP contribution in [0.2, 0.25) is 0 Å². The summed E-state index contributed by atoms with van der Waals surface area (Å²) >= 11 is 0. The van der Waals surface area contributed by atoms with Gasteiger partial charge in [-0.15, -0.1) is 0 Å². The number of piperazine rings is 1. The first-order valence-electron chi connectivity index (χ1n) is 21.7. The largest absolute Gasteiger partial charge is 0.367 e. The molecule has 10 aromatic rings. The number of nitrogens with zero attached hydrogens (tertiary/aromatic N) is 11. The van der Waals surface area contributed by atoms with Gasteiger partial charge in [0.2, 0.25) is 0 Å². The van der Waals surface area contributed by atoms with Crippen LogP contribution in [0.3, 0.4) is 0 Å². The van der Waals surface area contributed by atoms with Gasteiger partial charge in [0, 0.05) is 67.9 Å². The third kappa shape index (κ3) is 7.78. The Morgan fingerprint density at radius 2 is 1.25 bits per heavy atom. The summed E-state index contributed by atoms with van der Waals surface area (Å²) in [6, 6.07) is 20.9. The first-order chi connectivity index (χ1) is 31.0. The zero-order valence-corrected chi connectivity index (χ0v) is 35.9. The minimum atomic E-state index is 0.606. The molecule has 63 heavy (non-hydrogen) atoms. The molecule has 2 aromatic carbocycles. The van der Waals surface area contributed by atoms with Crippen LogP contribution in [0.5, 0.6) is 0 Å². The van der Waals surface area contributed by atoms with Crippen molar-refractivity contribution < 1.29 is 0 Å². The lowest BCUT2D eigenvalue weighted by Gasteiger charge is -2.34. The summed E-state index contributed by atoms with van der Waals surface area (Å²) in [6.07, 6.45) is 13.3. The van der Waals surface area contributed by atoms with Crippen LogP contribution in [0.15, 0.2) is 98.0 Å². The van der Waals surface area contributed by atoms with E-state index in [0.717, 1.165) is 117 Å². The number of nitrogens with one attached hydrogen (secondary N) is 5. The van der Waals surface area contributed by atoms with Crippen molar-refractivity contribution in [1.29, 1.82) is 0 Å². The molecular weight excluding hydrogens is 789 g/mol. The van der Waals surface area contributed by atoms with Gasteiger partial charge < -0.3 is 29.7 Å². The molecule has 2 saturated heterocycles. The molecular formula is C47H50N16. The maximum Gasteiger partial charge on any atom is 0.180 e. The third-order valence-electron chi connectivity index (χ3n) is 12.0. The van der Waals surface area contributed by atoms with Gasteiger partial charge in [0.15, 0.2) is 22.9 Å². The first-order valence-corrected chi connectivity index (χ1v) is 21.7. The number of likely N-dealkylation sites (N-methyl/N-ethyl adjacent to an activating group) is 1. The van der Waals surface area contributed by atoms with Crippen LogP contribution >= 0.6 is 0 Å². The van der Waals surface area contributed by atoms with Crippen molar-refractivity contribution in [1.82, 2.24) is 75.1 Å². The van der Waals surface area contributed by atoms with Crippen LogP contribution in [0.1, 0.15) is 43.9 Å². The van der Waals surface area contributed by atoms with Gasteiger partial charge in [-0.2, -0.15) is 10.2 Å². The minimum Gasteiger partial charge on any atom is -0.367 e. The molecule has 0 atom stereocenters. The summed E-state index contributed by atoms with van der Waals surface area (Å²) < 4.78 is 1.96. The number of pyridine rings is 3. The average molecular weight is 839 g/mol. The van der Waals surface area contributed by atoms with Crippen molar-refractivity contribution in [3.05, 3.63) is 109 Å². The maximum absolute atomic E-state index is 4.82. The van der Waals surface area contributed by atoms with E-state index in [1.165, 1.54) is 24.1 Å². The summed E-state index contributed by atoms with van der Waals surface area (Å²) in [4.78, 5) is 38.7. The molecule has 12 rings (SSSR count). The lowest BCUT2D eigenvalue weighted by molar-refractivity contribution is 0.313. The van der Waals surface area contributed by atoms with Crippen LogP contribution in [-0.2, 0) is 0 Å². The Kier molecular flexibility index (Phi) is 10.9. The van der Waals surface area contributed by atoms with Crippen molar-refractivity contribution >= 4 is 49.8 Å². The second-order valence-corrected chi connectivity index (χ2v) is 15.9. The number of fused-ring (bicyclic) bond motifs is 4. The second kappa shape index (κ2) is 17.2. The number of rotatable bonds is 6. The number of imidazole rings is 3. The van der Waals surface area contributed by atoms with Crippen molar-refractivity contribution in [3.8, 4) is 39.9 Å². The Hall–Kier alpha value is -7.30. The molecule has 318 valence electrons. The van der Waals surface area contributed by atoms with E-state index in [1.807, 2.05) is 62.0 Å². The van der Waals surface area contributed by atoms with Gasteiger partial charge in [-0.25, -0.2) is 24.9 Å². The van der Waals surface area contributed by atoms with E-state index in [1.54, 1.807) is 24.9 Å². The molecule has 8 aromatic heterocycles. The normalized spacial score (nSPS) is 14.9. The Balaban J connectivity index is 0.000000144. The van der Waals surface area contributed by atoms with Gasteiger partial charge in [-0.1, -0.05) is 26.0 Å². The smallest absolute Gasteiger partial charge is 0.180 e.